The second-order valence-corrected chi connectivity index (χ2v) is 9.64. The highest BCUT2D eigenvalue weighted by Crippen LogP contribution is 2.67. The molecule has 4 heteroatoms. The highest BCUT2D eigenvalue weighted by molar-refractivity contribution is 5.80. The zero-order valence-corrected chi connectivity index (χ0v) is 16.1. The Hall–Kier alpha value is -0.610. The molecule has 4 aliphatic rings. The maximum Gasteiger partial charge on any atom is 0.312 e. The van der Waals surface area contributed by atoms with Gasteiger partial charge in [0.15, 0.2) is 0 Å². The average molecular weight is 350 g/mol. The fourth-order valence-corrected chi connectivity index (χ4v) is 7.07. The lowest BCUT2D eigenvalue weighted by Gasteiger charge is -2.62. The van der Waals surface area contributed by atoms with Crippen molar-refractivity contribution in [2.45, 2.75) is 83.8 Å². The van der Waals surface area contributed by atoms with Crippen LogP contribution in [0.15, 0.2) is 0 Å². The normalized spacial score (nSPS) is 52.1. The molecule has 2 heterocycles. The van der Waals surface area contributed by atoms with E-state index in [2.05, 4.69) is 20.8 Å². The van der Waals surface area contributed by atoms with E-state index in [1.165, 1.54) is 0 Å². The first-order chi connectivity index (χ1) is 11.8. The van der Waals surface area contributed by atoms with E-state index >= 15 is 0 Å². The van der Waals surface area contributed by atoms with Gasteiger partial charge in [-0.3, -0.25) is 4.79 Å². The Labute approximate surface area is 151 Å². The Morgan fingerprint density at radius 1 is 1.28 bits per heavy atom. The van der Waals surface area contributed by atoms with E-state index in [1.807, 2.05) is 0 Å². The summed E-state index contributed by atoms with van der Waals surface area (Å²) in [5, 5.41) is 12.1. The molecule has 0 aromatic rings. The molecule has 0 amide bonds. The Balaban J connectivity index is 1.67. The summed E-state index contributed by atoms with van der Waals surface area (Å²) in [6, 6.07) is 0. The molecule has 0 spiro atoms. The second-order valence-electron chi connectivity index (χ2n) is 9.64. The van der Waals surface area contributed by atoms with E-state index in [0.29, 0.717) is 5.92 Å². The molecule has 4 rings (SSSR count). The molecule has 2 aliphatic carbocycles. The van der Waals surface area contributed by atoms with Gasteiger partial charge in [0.2, 0.25) is 0 Å². The summed E-state index contributed by atoms with van der Waals surface area (Å²) in [6.07, 6.45) is 7.70. The van der Waals surface area contributed by atoms with Gasteiger partial charge in [-0.25, -0.2) is 0 Å². The highest BCUT2D eigenvalue weighted by atomic mass is 16.6. The van der Waals surface area contributed by atoms with Gasteiger partial charge in [-0.05, 0) is 57.3 Å². The lowest BCUT2D eigenvalue weighted by atomic mass is 9.43. The van der Waals surface area contributed by atoms with Crippen molar-refractivity contribution in [3.63, 3.8) is 0 Å². The number of ether oxygens (including phenoxy) is 2. The van der Waals surface area contributed by atoms with Crippen molar-refractivity contribution in [3.05, 3.63) is 0 Å². The Morgan fingerprint density at radius 3 is 2.76 bits per heavy atom. The molecule has 25 heavy (non-hydrogen) atoms. The number of carbonyl (C=O) groups is 1. The van der Waals surface area contributed by atoms with Crippen LogP contribution >= 0.6 is 0 Å². The first-order valence-corrected chi connectivity index (χ1v) is 10.4. The molecule has 7 atom stereocenters. The van der Waals surface area contributed by atoms with Crippen molar-refractivity contribution in [2.75, 3.05) is 13.2 Å². The van der Waals surface area contributed by atoms with Crippen LogP contribution < -0.4 is 0 Å². The zero-order chi connectivity index (χ0) is 17.9. The molecule has 142 valence electrons. The molecule has 4 fully saturated rings. The monoisotopic (exact) mass is 350 g/mol. The maximum atomic E-state index is 12.7. The first kappa shape index (κ1) is 17.8. The van der Waals surface area contributed by atoms with Crippen molar-refractivity contribution >= 4 is 5.97 Å². The SMILES string of the molecule is CC[C@@H]1CC2OC(=O)[C@@]3(C)CCC[C@](C)(C23)[C@@]1(O)CCC1CCOC1. The van der Waals surface area contributed by atoms with E-state index in [4.69, 9.17) is 9.47 Å². The minimum Gasteiger partial charge on any atom is -0.462 e. The standard InChI is InChI=1S/C21H34O4/c1-4-15-12-16-17-19(2,18(22)25-16)8-5-9-20(17,3)21(15,23)10-6-14-7-11-24-13-14/h14-17,23H,4-13H2,1-3H3/t14?,15-,16?,17?,19+,20-,21-/m1/s1. The molecule has 0 aromatic carbocycles. The van der Waals surface area contributed by atoms with E-state index in [0.717, 1.165) is 64.6 Å². The fraction of sp³-hybridized carbons (Fsp3) is 0.952. The number of carbonyl (C=O) groups excluding carboxylic acids is 1. The predicted molar refractivity (Wildman–Crippen MR) is 94.9 cm³/mol. The van der Waals surface area contributed by atoms with Crippen LogP contribution in [0.25, 0.3) is 0 Å². The van der Waals surface area contributed by atoms with Gasteiger partial charge in [-0.1, -0.05) is 26.7 Å². The minimum atomic E-state index is -0.693. The third kappa shape index (κ3) is 2.36. The van der Waals surface area contributed by atoms with E-state index in [-0.39, 0.29) is 29.3 Å². The Bertz CT molecular complexity index is 542. The van der Waals surface area contributed by atoms with Crippen LogP contribution in [-0.4, -0.2) is 36.0 Å². The third-order valence-electron chi connectivity index (χ3n) is 8.49. The second kappa shape index (κ2) is 5.95. The largest absolute Gasteiger partial charge is 0.462 e. The molecular formula is C21H34O4. The minimum absolute atomic E-state index is 0.00263. The van der Waals surface area contributed by atoms with Crippen LogP contribution in [-0.2, 0) is 14.3 Å². The van der Waals surface area contributed by atoms with Crippen LogP contribution in [0.4, 0.5) is 0 Å². The van der Waals surface area contributed by atoms with Crippen LogP contribution in [0.5, 0.6) is 0 Å². The summed E-state index contributed by atoms with van der Waals surface area (Å²) in [4.78, 5) is 12.7. The molecule has 3 unspecified atom stereocenters. The van der Waals surface area contributed by atoms with Gasteiger partial charge in [0.1, 0.15) is 6.10 Å². The van der Waals surface area contributed by atoms with Crippen LogP contribution in [0.3, 0.4) is 0 Å². The lowest BCUT2D eigenvalue weighted by Crippen LogP contribution is -2.65. The summed E-state index contributed by atoms with van der Waals surface area (Å²) >= 11 is 0. The van der Waals surface area contributed by atoms with Gasteiger partial charge in [0.05, 0.1) is 11.0 Å². The molecule has 2 saturated heterocycles. The van der Waals surface area contributed by atoms with E-state index in [9.17, 15) is 9.90 Å². The Morgan fingerprint density at radius 2 is 2.08 bits per heavy atom. The zero-order valence-electron chi connectivity index (χ0n) is 16.1. The third-order valence-corrected chi connectivity index (χ3v) is 8.49. The van der Waals surface area contributed by atoms with Gasteiger partial charge >= 0.3 is 5.97 Å². The molecule has 0 aromatic heterocycles. The maximum absolute atomic E-state index is 12.7. The van der Waals surface area contributed by atoms with Crippen molar-refractivity contribution in [1.29, 1.82) is 0 Å². The first-order valence-electron chi connectivity index (χ1n) is 10.4. The number of hydrogen-bond acceptors (Lipinski definition) is 4. The predicted octanol–water partition coefficient (Wildman–Crippen LogP) is 3.70. The highest BCUT2D eigenvalue weighted by Gasteiger charge is 2.71. The van der Waals surface area contributed by atoms with Crippen molar-refractivity contribution in [1.82, 2.24) is 0 Å². The summed E-state index contributed by atoms with van der Waals surface area (Å²) in [6.45, 7) is 8.24. The molecule has 0 radical (unpaired) electrons. The quantitative estimate of drug-likeness (QED) is 0.786. The topological polar surface area (TPSA) is 55.8 Å². The van der Waals surface area contributed by atoms with Crippen LogP contribution in [0.2, 0.25) is 0 Å². The summed E-state index contributed by atoms with van der Waals surface area (Å²) < 4.78 is 11.4. The number of hydrogen-bond donors (Lipinski definition) is 1. The molecule has 2 saturated carbocycles. The smallest absolute Gasteiger partial charge is 0.312 e. The van der Waals surface area contributed by atoms with Gasteiger partial charge < -0.3 is 14.6 Å². The molecule has 0 bridgehead atoms. The van der Waals surface area contributed by atoms with Crippen molar-refractivity contribution in [3.8, 4) is 0 Å². The summed E-state index contributed by atoms with van der Waals surface area (Å²) in [5.74, 6) is 0.944. The number of rotatable bonds is 4. The van der Waals surface area contributed by atoms with Crippen LogP contribution in [0.1, 0.15) is 72.1 Å². The number of aliphatic hydroxyl groups is 1. The summed E-state index contributed by atoms with van der Waals surface area (Å²) in [7, 11) is 0. The number of esters is 1. The molecular weight excluding hydrogens is 316 g/mol. The van der Waals surface area contributed by atoms with Gasteiger partial charge in [-0.2, -0.15) is 0 Å². The van der Waals surface area contributed by atoms with Crippen molar-refractivity contribution in [2.24, 2.45) is 28.6 Å². The van der Waals surface area contributed by atoms with Gasteiger partial charge in [0.25, 0.3) is 0 Å². The average Bonchev–Trinajstić information content (AvgIpc) is 3.17. The van der Waals surface area contributed by atoms with Crippen LogP contribution in [0, 0.1) is 28.6 Å². The molecule has 1 N–H and O–H groups in total. The molecule has 4 nitrogen and oxygen atoms in total. The van der Waals surface area contributed by atoms with Gasteiger partial charge in [0, 0.05) is 24.5 Å². The molecule has 2 aliphatic heterocycles. The van der Waals surface area contributed by atoms with E-state index in [1.54, 1.807) is 0 Å². The Kier molecular flexibility index (Phi) is 4.23. The van der Waals surface area contributed by atoms with E-state index < -0.39 is 11.0 Å². The lowest BCUT2D eigenvalue weighted by molar-refractivity contribution is -0.223. The van der Waals surface area contributed by atoms with Gasteiger partial charge in [-0.15, -0.1) is 0 Å². The van der Waals surface area contributed by atoms with Crippen molar-refractivity contribution < 1.29 is 19.4 Å². The fourth-order valence-electron chi connectivity index (χ4n) is 7.07. The summed E-state index contributed by atoms with van der Waals surface area (Å²) in [5.41, 5.74) is -1.32.